The summed E-state index contributed by atoms with van der Waals surface area (Å²) < 4.78 is 0. The summed E-state index contributed by atoms with van der Waals surface area (Å²) >= 11 is 1.95. The van der Waals surface area contributed by atoms with Crippen molar-refractivity contribution in [1.82, 2.24) is 10.2 Å². The number of nitrogens with zero attached hydrogens (tertiary/aromatic N) is 2. The lowest BCUT2D eigenvalue weighted by molar-refractivity contribution is 0.0696. The molecule has 1 aliphatic rings. The molecule has 19 heavy (non-hydrogen) atoms. The maximum atomic E-state index is 11.3. The van der Waals surface area contributed by atoms with Gasteiger partial charge in [-0.3, -0.25) is 0 Å². The Morgan fingerprint density at radius 3 is 2.84 bits per heavy atom. The molecule has 0 spiro atoms. The minimum atomic E-state index is -0.950. The summed E-state index contributed by atoms with van der Waals surface area (Å²) in [5.41, 5.74) is 1.59. The summed E-state index contributed by atoms with van der Waals surface area (Å²) in [5.74, 6) is 0.632. The highest BCUT2D eigenvalue weighted by Gasteiger charge is 2.19. The van der Waals surface area contributed by atoms with Crippen molar-refractivity contribution in [3.8, 4) is 0 Å². The number of aryl methyl sites for hydroxylation is 1. The van der Waals surface area contributed by atoms with Gasteiger partial charge in [-0.2, -0.15) is 16.9 Å². The third-order valence-corrected chi connectivity index (χ3v) is 4.84. The van der Waals surface area contributed by atoms with Gasteiger partial charge in [-0.1, -0.05) is 6.42 Å². The number of anilines is 1. The molecular weight excluding hydrogens is 262 g/mol. The molecule has 1 aliphatic heterocycles. The quantitative estimate of drug-likeness (QED) is 0.883. The molecule has 0 radical (unpaired) electrons. The summed E-state index contributed by atoms with van der Waals surface area (Å²) in [6.07, 6.45) is 3.72. The fraction of sp³-hybridized carbons (Fsp3) is 0.615. The van der Waals surface area contributed by atoms with Crippen molar-refractivity contribution in [3.05, 3.63) is 16.8 Å². The Hall–Kier alpha value is -1.30. The number of nitrogens with one attached hydrogen (secondary N) is 1. The first-order chi connectivity index (χ1) is 9.09. The van der Waals surface area contributed by atoms with Gasteiger partial charge in [-0.05, 0) is 38.0 Å². The summed E-state index contributed by atoms with van der Waals surface area (Å²) in [4.78, 5) is 11.3. The van der Waals surface area contributed by atoms with Crippen LogP contribution in [0.1, 0.15) is 40.9 Å². The number of carbonyl (C=O) groups is 1. The van der Waals surface area contributed by atoms with Crippen LogP contribution in [-0.4, -0.2) is 38.8 Å². The van der Waals surface area contributed by atoms with Gasteiger partial charge in [0.15, 0.2) is 5.82 Å². The zero-order valence-corrected chi connectivity index (χ0v) is 12.1. The van der Waals surface area contributed by atoms with Crippen LogP contribution < -0.4 is 5.32 Å². The Morgan fingerprint density at radius 1 is 1.42 bits per heavy atom. The van der Waals surface area contributed by atoms with Crippen LogP contribution >= 0.6 is 11.8 Å². The van der Waals surface area contributed by atoms with Crippen LogP contribution in [0.3, 0.4) is 0 Å². The smallest absolute Gasteiger partial charge is 0.339 e. The van der Waals surface area contributed by atoms with E-state index in [0.29, 0.717) is 22.3 Å². The van der Waals surface area contributed by atoms with Crippen molar-refractivity contribution in [2.24, 2.45) is 0 Å². The first-order valence-electron chi connectivity index (χ1n) is 6.52. The third kappa shape index (κ3) is 3.37. The van der Waals surface area contributed by atoms with Gasteiger partial charge in [-0.15, -0.1) is 5.10 Å². The van der Waals surface area contributed by atoms with Gasteiger partial charge < -0.3 is 10.4 Å². The molecular formula is C13H19N3O2S. The highest BCUT2D eigenvalue weighted by Crippen LogP contribution is 2.26. The molecule has 0 bridgehead atoms. The van der Waals surface area contributed by atoms with Crippen molar-refractivity contribution in [3.63, 3.8) is 0 Å². The monoisotopic (exact) mass is 281 g/mol. The van der Waals surface area contributed by atoms with Crippen LogP contribution in [0.4, 0.5) is 5.82 Å². The fourth-order valence-corrected chi connectivity index (χ4v) is 3.41. The number of hydrogen-bond acceptors (Lipinski definition) is 5. The maximum Gasteiger partial charge on any atom is 0.339 e. The van der Waals surface area contributed by atoms with Gasteiger partial charge in [0.25, 0.3) is 0 Å². The summed E-state index contributed by atoms with van der Waals surface area (Å²) in [5, 5.41) is 21.0. The van der Waals surface area contributed by atoms with Crippen molar-refractivity contribution in [2.75, 3.05) is 17.6 Å². The number of hydrogen-bond donors (Lipinski definition) is 2. The van der Waals surface area contributed by atoms with E-state index in [1.807, 2.05) is 11.8 Å². The van der Waals surface area contributed by atoms with Crippen molar-refractivity contribution in [2.45, 2.75) is 38.4 Å². The van der Waals surface area contributed by atoms with Gasteiger partial charge in [0.1, 0.15) is 5.56 Å². The van der Waals surface area contributed by atoms with E-state index in [0.717, 1.165) is 6.54 Å². The molecule has 5 nitrogen and oxygen atoms in total. The zero-order chi connectivity index (χ0) is 13.8. The van der Waals surface area contributed by atoms with E-state index in [-0.39, 0.29) is 5.56 Å². The Kier molecular flexibility index (Phi) is 4.63. The second-order valence-electron chi connectivity index (χ2n) is 4.81. The van der Waals surface area contributed by atoms with Crippen molar-refractivity contribution in [1.29, 1.82) is 0 Å². The summed E-state index contributed by atoms with van der Waals surface area (Å²) in [7, 11) is 0. The summed E-state index contributed by atoms with van der Waals surface area (Å²) in [6, 6.07) is 0. The molecule has 2 heterocycles. The topological polar surface area (TPSA) is 75.1 Å². The molecule has 6 heteroatoms. The van der Waals surface area contributed by atoms with Crippen LogP contribution in [-0.2, 0) is 0 Å². The van der Waals surface area contributed by atoms with E-state index in [1.165, 1.54) is 25.0 Å². The Bertz CT molecular complexity index is 473. The Labute approximate surface area is 117 Å². The molecule has 2 N–H and O–H groups in total. The molecule has 104 valence electrons. The van der Waals surface area contributed by atoms with Crippen LogP contribution in [0.25, 0.3) is 0 Å². The average Bonchev–Trinajstić information content (AvgIpc) is 2.41. The Balaban J connectivity index is 2.11. The van der Waals surface area contributed by atoms with E-state index in [9.17, 15) is 9.90 Å². The number of carboxylic acids is 1. The molecule has 0 aromatic carbocycles. The molecule has 1 aromatic heterocycles. The van der Waals surface area contributed by atoms with Crippen molar-refractivity contribution < 1.29 is 9.90 Å². The van der Waals surface area contributed by atoms with E-state index < -0.39 is 5.97 Å². The molecule has 1 atom stereocenters. The largest absolute Gasteiger partial charge is 0.478 e. The first kappa shape index (κ1) is 14.1. The lowest BCUT2D eigenvalue weighted by Crippen LogP contribution is -2.22. The lowest BCUT2D eigenvalue weighted by atomic mass is 10.1. The first-order valence-corrected chi connectivity index (χ1v) is 7.57. The number of carboxylic acid groups (broad SMARTS) is 1. The number of thioether (sulfide) groups is 1. The van der Waals surface area contributed by atoms with E-state index in [2.05, 4.69) is 15.5 Å². The van der Waals surface area contributed by atoms with E-state index >= 15 is 0 Å². The predicted molar refractivity (Wildman–Crippen MR) is 77.1 cm³/mol. The molecule has 1 saturated heterocycles. The van der Waals surface area contributed by atoms with Crippen LogP contribution in [0.5, 0.6) is 0 Å². The zero-order valence-electron chi connectivity index (χ0n) is 11.3. The SMILES string of the molecule is Cc1nnc(NCC2CCCCS2)c(C(=O)O)c1C. The molecule has 1 unspecified atom stereocenters. The minimum absolute atomic E-state index is 0.244. The summed E-state index contributed by atoms with van der Waals surface area (Å²) in [6.45, 7) is 4.30. The van der Waals surface area contributed by atoms with E-state index in [1.54, 1.807) is 13.8 Å². The average molecular weight is 281 g/mol. The van der Waals surface area contributed by atoms with Gasteiger partial charge in [0.2, 0.25) is 0 Å². The van der Waals surface area contributed by atoms with Crippen LogP contribution in [0.2, 0.25) is 0 Å². The molecule has 1 fully saturated rings. The third-order valence-electron chi connectivity index (χ3n) is 3.44. The number of rotatable bonds is 4. The van der Waals surface area contributed by atoms with Gasteiger partial charge in [0.05, 0.1) is 5.69 Å². The van der Waals surface area contributed by atoms with Crippen LogP contribution in [0, 0.1) is 13.8 Å². The normalized spacial score (nSPS) is 19.2. The highest BCUT2D eigenvalue weighted by atomic mass is 32.2. The fourth-order valence-electron chi connectivity index (χ4n) is 2.17. The van der Waals surface area contributed by atoms with Crippen molar-refractivity contribution >= 4 is 23.5 Å². The lowest BCUT2D eigenvalue weighted by Gasteiger charge is -2.22. The molecule has 2 rings (SSSR count). The minimum Gasteiger partial charge on any atom is -0.478 e. The Morgan fingerprint density at radius 2 is 2.21 bits per heavy atom. The predicted octanol–water partition coefficient (Wildman–Crippen LogP) is 2.49. The van der Waals surface area contributed by atoms with Gasteiger partial charge >= 0.3 is 5.97 Å². The van der Waals surface area contributed by atoms with Crippen LogP contribution in [0.15, 0.2) is 0 Å². The molecule has 1 aromatic rings. The molecule has 0 amide bonds. The number of aromatic carboxylic acids is 1. The second-order valence-corrected chi connectivity index (χ2v) is 6.22. The highest BCUT2D eigenvalue weighted by molar-refractivity contribution is 7.99. The second kappa shape index (κ2) is 6.23. The molecule has 0 aliphatic carbocycles. The van der Waals surface area contributed by atoms with Gasteiger partial charge in [0, 0.05) is 11.8 Å². The van der Waals surface area contributed by atoms with Gasteiger partial charge in [-0.25, -0.2) is 4.79 Å². The molecule has 0 saturated carbocycles. The number of aromatic nitrogens is 2. The van der Waals surface area contributed by atoms with E-state index in [4.69, 9.17) is 0 Å². The standard InChI is InChI=1S/C13H19N3O2S/c1-8-9(2)15-16-12(11(8)13(17)18)14-7-10-5-3-4-6-19-10/h10H,3-7H2,1-2H3,(H,14,16)(H,17,18). The maximum absolute atomic E-state index is 11.3.